The monoisotopic (exact) mass is 488 g/mol. The zero-order chi connectivity index (χ0) is 25.8. The second-order valence-electron chi connectivity index (χ2n) is 9.34. The minimum atomic E-state index is -0.780. The molecule has 0 radical (unpaired) electrons. The number of amides is 1. The van der Waals surface area contributed by atoms with Crippen LogP contribution in [-0.4, -0.2) is 53.8 Å². The molecule has 1 amide bonds. The number of hydrogen-bond donors (Lipinski definition) is 1. The first-order valence-electron chi connectivity index (χ1n) is 12.0. The number of aliphatic hydroxyl groups excluding tert-OH is 1. The summed E-state index contributed by atoms with van der Waals surface area (Å²) in [6.07, 6.45) is 0.684. The normalized spacial score (nSPS) is 17.2. The fraction of sp³-hybridized carbons (Fsp3) is 0.310. The summed E-state index contributed by atoms with van der Waals surface area (Å²) in [6.45, 7) is 5.39. The minimum absolute atomic E-state index is 0.0350. The predicted octanol–water partition coefficient (Wildman–Crippen LogP) is 4.85. The third-order valence-electron chi connectivity index (χ3n) is 6.36. The molecule has 2 heterocycles. The quantitative estimate of drug-likeness (QED) is 0.263. The zero-order valence-corrected chi connectivity index (χ0v) is 21.2. The highest BCUT2D eigenvalue weighted by molar-refractivity contribution is 6.46. The number of benzene rings is 2. The smallest absolute Gasteiger partial charge is 0.295 e. The van der Waals surface area contributed by atoms with E-state index in [0.29, 0.717) is 42.4 Å². The third kappa shape index (κ3) is 5.36. The van der Waals surface area contributed by atoms with Crippen LogP contribution in [0.2, 0.25) is 0 Å². The van der Waals surface area contributed by atoms with Crippen molar-refractivity contribution in [3.63, 3.8) is 0 Å². The van der Waals surface area contributed by atoms with E-state index < -0.39 is 17.7 Å². The van der Waals surface area contributed by atoms with Crippen LogP contribution in [0.1, 0.15) is 40.7 Å². The maximum absolute atomic E-state index is 13.1. The molecule has 1 saturated heterocycles. The van der Waals surface area contributed by atoms with Gasteiger partial charge in [-0.15, -0.1) is 0 Å². The second-order valence-corrected chi connectivity index (χ2v) is 9.34. The average molecular weight is 489 g/mol. The molecule has 1 N–H and O–H groups in total. The van der Waals surface area contributed by atoms with Gasteiger partial charge in [0.15, 0.2) is 0 Å². The van der Waals surface area contributed by atoms with E-state index in [9.17, 15) is 14.7 Å². The van der Waals surface area contributed by atoms with Crippen LogP contribution >= 0.6 is 0 Å². The van der Waals surface area contributed by atoms with Crippen LogP contribution in [0.4, 0.5) is 0 Å². The summed E-state index contributed by atoms with van der Waals surface area (Å²) in [5.41, 5.74) is 2.70. The van der Waals surface area contributed by atoms with E-state index in [1.54, 1.807) is 43.3 Å². The van der Waals surface area contributed by atoms with Crippen molar-refractivity contribution in [3.8, 4) is 5.75 Å². The van der Waals surface area contributed by atoms with Crippen molar-refractivity contribution in [2.75, 3.05) is 27.2 Å². The molecule has 1 fully saturated rings. The molecule has 4 rings (SSSR count). The summed E-state index contributed by atoms with van der Waals surface area (Å²) in [6, 6.07) is 17.6. The molecule has 0 aliphatic carbocycles. The minimum Gasteiger partial charge on any atom is -0.507 e. The Bertz CT molecular complexity index is 1270. The van der Waals surface area contributed by atoms with E-state index in [-0.39, 0.29) is 11.3 Å². The van der Waals surface area contributed by atoms with Gasteiger partial charge in [0.1, 0.15) is 35.7 Å². The summed E-state index contributed by atoms with van der Waals surface area (Å²) in [5.74, 6) is 0.185. The first-order valence-corrected chi connectivity index (χ1v) is 12.0. The number of aliphatic hydroxyl groups is 1. The molecule has 7 heteroatoms. The van der Waals surface area contributed by atoms with Crippen LogP contribution in [0.3, 0.4) is 0 Å². The highest BCUT2D eigenvalue weighted by atomic mass is 16.5. The number of aryl methyl sites for hydroxylation is 2. The topological polar surface area (TPSA) is 83.2 Å². The number of carbonyl (C=O) groups is 2. The van der Waals surface area contributed by atoms with Crippen molar-refractivity contribution in [3.05, 3.63) is 94.4 Å². The highest BCUT2D eigenvalue weighted by Crippen LogP contribution is 2.40. The van der Waals surface area contributed by atoms with Crippen molar-refractivity contribution in [2.45, 2.75) is 32.9 Å². The van der Waals surface area contributed by atoms with E-state index >= 15 is 0 Å². The number of furan rings is 1. The lowest BCUT2D eigenvalue weighted by molar-refractivity contribution is -0.140. The molecule has 2 aromatic carbocycles. The first kappa shape index (κ1) is 25.3. The molecule has 3 aromatic rings. The van der Waals surface area contributed by atoms with E-state index in [2.05, 4.69) is 0 Å². The molecule has 7 nitrogen and oxygen atoms in total. The standard InChI is InChI=1S/C29H32N2O5/c1-19-8-5-6-9-22(19)18-35-23-13-11-21(12-14-23)27(32)25-26(24-15-10-20(2)36-24)31(29(34)28(25)33)17-7-16-30(3)4/h5-6,8-15,26,32H,7,16-18H2,1-4H3. The van der Waals surface area contributed by atoms with Gasteiger partial charge < -0.3 is 24.1 Å². The lowest BCUT2D eigenvalue weighted by Gasteiger charge is -2.24. The van der Waals surface area contributed by atoms with Gasteiger partial charge in [0.05, 0.1) is 5.57 Å². The highest BCUT2D eigenvalue weighted by Gasteiger charge is 2.47. The van der Waals surface area contributed by atoms with Gasteiger partial charge in [0.25, 0.3) is 11.7 Å². The second kappa shape index (κ2) is 10.8. The molecule has 1 unspecified atom stereocenters. The van der Waals surface area contributed by atoms with E-state index in [1.807, 2.05) is 50.2 Å². The van der Waals surface area contributed by atoms with Gasteiger partial charge in [-0.2, -0.15) is 0 Å². The first-order chi connectivity index (χ1) is 17.3. The van der Waals surface area contributed by atoms with Gasteiger partial charge in [-0.05, 0) is 88.4 Å². The molecular weight excluding hydrogens is 456 g/mol. The number of Topliss-reactive ketones (excluding diaryl/α,β-unsaturated/α-hetero) is 1. The summed E-state index contributed by atoms with van der Waals surface area (Å²) in [4.78, 5) is 29.6. The lowest BCUT2D eigenvalue weighted by atomic mass is 9.99. The fourth-order valence-electron chi connectivity index (χ4n) is 4.36. The Morgan fingerprint density at radius 2 is 1.75 bits per heavy atom. The third-order valence-corrected chi connectivity index (χ3v) is 6.36. The average Bonchev–Trinajstić information content (AvgIpc) is 3.39. The van der Waals surface area contributed by atoms with Gasteiger partial charge in [-0.25, -0.2) is 0 Å². The molecule has 0 saturated carbocycles. The molecule has 0 spiro atoms. The van der Waals surface area contributed by atoms with Gasteiger partial charge in [0, 0.05) is 12.1 Å². The predicted molar refractivity (Wildman–Crippen MR) is 138 cm³/mol. The molecule has 0 bridgehead atoms. The zero-order valence-electron chi connectivity index (χ0n) is 21.2. The maximum Gasteiger partial charge on any atom is 0.295 e. The van der Waals surface area contributed by atoms with Crippen LogP contribution in [0.25, 0.3) is 5.76 Å². The van der Waals surface area contributed by atoms with E-state index in [4.69, 9.17) is 9.15 Å². The Morgan fingerprint density at radius 1 is 1.03 bits per heavy atom. The summed E-state index contributed by atoms with van der Waals surface area (Å²) < 4.78 is 11.7. The number of ketones is 1. The van der Waals surface area contributed by atoms with Gasteiger partial charge in [-0.3, -0.25) is 9.59 Å². The van der Waals surface area contributed by atoms with Gasteiger partial charge >= 0.3 is 0 Å². The number of carbonyl (C=O) groups excluding carboxylic acids is 2. The van der Waals surface area contributed by atoms with Crippen LogP contribution < -0.4 is 4.74 Å². The number of nitrogens with zero attached hydrogens (tertiary/aromatic N) is 2. The van der Waals surface area contributed by atoms with Gasteiger partial charge in [-0.1, -0.05) is 24.3 Å². The van der Waals surface area contributed by atoms with Crippen molar-refractivity contribution < 1.29 is 23.8 Å². The molecule has 1 atom stereocenters. The van der Waals surface area contributed by atoms with Crippen molar-refractivity contribution in [2.24, 2.45) is 0 Å². The van der Waals surface area contributed by atoms with Crippen LogP contribution in [0.15, 0.2) is 70.7 Å². The number of likely N-dealkylation sites (tertiary alicyclic amines) is 1. The number of rotatable bonds is 9. The molecule has 1 aliphatic heterocycles. The molecule has 1 aromatic heterocycles. The Kier molecular flexibility index (Phi) is 7.60. The number of hydrogen-bond acceptors (Lipinski definition) is 6. The largest absolute Gasteiger partial charge is 0.507 e. The van der Waals surface area contributed by atoms with Crippen LogP contribution in [-0.2, 0) is 16.2 Å². The molecule has 1 aliphatic rings. The SMILES string of the molecule is Cc1ccc(C2C(=C(O)c3ccc(OCc4ccccc4C)cc3)C(=O)C(=O)N2CCCN(C)C)o1. The van der Waals surface area contributed by atoms with E-state index in [1.165, 1.54) is 4.90 Å². The van der Waals surface area contributed by atoms with Gasteiger partial charge in [0.2, 0.25) is 0 Å². The maximum atomic E-state index is 13.1. The summed E-state index contributed by atoms with van der Waals surface area (Å²) in [5, 5.41) is 11.2. The Labute approximate surface area is 211 Å². The van der Waals surface area contributed by atoms with Crippen molar-refractivity contribution in [1.29, 1.82) is 0 Å². The fourth-order valence-corrected chi connectivity index (χ4v) is 4.36. The lowest BCUT2D eigenvalue weighted by Crippen LogP contribution is -2.32. The van der Waals surface area contributed by atoms with Crippen LogP contribution in [0.5, 0.6) is 5.75 Å². The Hall–Kier alpha value is -3.84. The molecule has 188 valence electrons. The Morgan fingerprint density at radius 3 is 2.39 bits per heavy atom. The van der Waals surface area contributed by atoms with Crippen molar-refractivity contribution >= 4 is 17.4 Å². The van der Waals surface area contributed by atoms with Crippen molar-refractivity contribution in [1.82, 2.24) is 9.80 Å². The molecule has 36 heavy (non-hydrogen) atoms. The number of ether oxygens (including phenoxy) is 1. The summed E-state index contributed by atoms with van der Waals surface area (Å²) in [7, 11) is 3.91. The van der Waals surface area contributed by atoms with E-state index in [0.717, 1.165) is 17.7 Å². The van der Waals surface area contributed by atoms with Crippen LogP contribution in [0, 0.1) is 13.8 Å². The molecular formula is C29H32N2O5. The Balaban J connectivity index is 1.61. The summed E-state index contributed by atoms with van der Waals surface area (Å²) >= 11 is 0.